The lowest BCUT2D eigenvalue weighted by Crippen LogP contribution is -2.35. The fraction of sp³-hybridized carbons (Fsp3) is 0.286. The first kappa shape index (κ1) is 23.7. The van der Waals surface area contributed by atoms with E-state index in [0.29, 0.717) is 22.3 Å². The number of nitrogens with one attached hydrogen (secondary N) is 1. The Kier molecular flexibility index (Phi) is 7.83. The Labute approximate surface area is 192 Å². The molecule has 0 saturated heterocycles. The van der Waals surface area contributed by atoms with E-state index in [2.05, 4.69) is 20.1 Å². The van der Waals surface area contributed by atoms with Crippen molar-refractivity contribution in [2.24, 2.45) is 16.0 Å². The number of nitriles is 1. The van der Waals surface area contributed by atoms with E-state index in [1.807, 2.05) is 6.92 Å². The van der Waals surface area contributed by atoms with Crippen molar-refractivity contribution in [1.29, 1.82) is 5.26 Å². The summed E-state index contributed by atoms with van der Waals surface area (Å²) in [6.07, 6.45) is 3.41. The summed E-state index contributed by atoms with van der Waals surface area (Å²) in [7, 11) is 0. The quantitative estimate of drug-likeness (QED) is 0.239. The number of aliphatic imine (C=N–C) groups is 1. The Morgan fingerprint density at radius 1 is 1.34 bits per heavy atom. The van der Waals surface area contributed by atoms with Crippen molar-refractivity contribution in [3.05, 3.63) is 57.8 Å². The maximum Gasteiger partial charge on any atom is 0.387 e. The second kappa shape index (κ2) is 10.6. The lowest BCUT2D eigenvalue weighted by atomic mass is 9.93. The van der Waals surface area contributed by atoms with Gasteiger partial charge in [0.2, 0.25) is 5.96 Å². The van der Waals surface area contributed by atoms with Crippen LogP contribution in [0.1, 0.15) is 25.3 Å². The van der Waals surface area contributed by atoms with E-state index in [4.69, 9.17) is 23.2 Å². The van der Waals surface area contributed by atoms with Gasteiger partial charge in [0, 0.05) is 5.92 Å². The maximum absolute atomic E-state index is 14.6. The summed E-state index contributed by atoms with van der Waals surface area (Å²) in [6, 6.07) is 8.81. The van der Waals surface area contributed by atoms with Crippen molar-refractivity contribution < 1.29 is 17.9 Å². The van der Waals surface area contributed by atoms with Gasteiger partial charge >= 0.3 is 6.61 Å². The van der Waals surface area contributed by atoms with E-state index < -0.39 is 18.2 Å². The summed E-state index contributed by atoms with van der Waals surface area (Å²) in [5.41, 5.74) is 1.19. The molecular weight excluding hydrogens is 466 g/mol. The summed E-state index contributed by atoms with van der Waals surface area (Å²) >= 11 is 12.2. The number of hydrazone groups is 1. The summed E-state index contributed by atoms with van der Waals surface area (Å²) in [5, 5.41) is 18.4. The molecule has 0 aromatic heterocycles. The zero-order valence-corrected chi connectivity index (χ0v) is 18.3. The molecule has 3 rings (SSSR count). The third-order valence-corrected chi connectivity index (χ3v) is 5.40. The largest absolute Gasteiger partial charge is 0.432 e. The Morgan fingerprint density at radius 2 is 2.12 bits per heavy atom. The molecule has 0 fully saturated rings. The third kappa shape index (κ3) is 5.44. The number of rotatable bonds is 6. The molecule has 0 amide bonds. The topological polar surface area (TPSA) is 73.0 Å². The molecule has 1 atom stereocenters. The molecule has 0 saturated carbocycles. The van der Waals surface area contributed by atoms with Gasteiger partial charge in [-0.05, 0) is 36.2 Å². The highest BCUT2D eigenvalue weighted by molar-refractivity contribution is 6.42. The van der Waals surface area contributed by atoms with Crippen molar-refractivity contribution in [3.63, 3.8) is 0 Å². The molecule has 6 nitrogen and oxygen atoms in total. The monoisotopic (exact) mass is 483 g/mol. The summed E-state index contributed by atoms with van der Waals surface area (Å²) in [4.78, 5) is 4.11. The normalized spacial score (nSPS) is 16.2. The Balaban J connectivity index is 2.00. The van der Waals surface area contributed by atoms with Crippen molar-refractivity contribution >= 4 is 40.6 Å². The summed E-state index contributed by atoms with van der Waals surface area (Å²) in [6.45, 7) is -0.792. The average molecular weight is 484 g/mol. The number of hydrogen-bond donors (Lipinski definition) is 1. The number of halogens is 5. The smallest absolute Gasteiger partial charge is 0.387 e. The van der Waals surface area contributed by atoms with E-state index in [1.54, 1.807) is 24.4 Å². The van der Waals surface area contributed by atoms with E-state index in [9.17, 15) is 18.4 Å². The highest BCUT2D eigenvalue weighted by Crippen LogP contribution is 2.31. The standard InChI is InChI=1S/C21H18Cl2F3N5O/c1-2-4-13-10-31(30-19(13)12-7-8-14(22)15(23)9-12)21(28-11-27)29-16-5-3-6-17(18(16)24)32-20(25)26/h3,5-9,13,20H,2,4,10H2,1H3,(H,28,29). The molecule has 32 heavy (non-hydrogen) atoms. The fourth-order valence-electron chi connectivity index (χ4n) is 3.29. The molecule has 2 aromatic carbocycles. The number of hydrogen-bond acceptors (Lipinski definition) is 4. The molecular formula is C21H18Cl2F3N5O. The summed E-state index contributed by atoms with van der Waals surface area (Å²) in [5.74, 6) is -1.80. The Hall–Kier alpha value is -2.96. The Bertz CT molecular complexity index is 1090. The van der Waals surface area contributed by atoms with Gasteiger partial charge in [-0.25, -0.2) is 14.4 Å². The highest BCUT2D eigenvalue weighted by atomic mass is 35.5. The molecule has 1 N–H and O–H groups in total. The zero-order chi connectivity index (χ0) is 23.3. The minimum Gasteiger partial charge on any atom is -0.432 e. The molecule has 168 valence electrons. The van der Waals surface area contributed by atoms with E-state index in [0.717, 1.165) is 24.5 Å². The van der Waals surface area contributed by atoms with Crippen LogP contribution in [-0.2, 0) is 0 Å². The van der Waals surface area contributed by atoms with Gasteiger partial charge in [-0.3, -0.25) is 5.32 Å². The number of guanidine groups is 1. The van der Waals surface area contributed by atoms with Crippen LogP contribution in [0.15, 0.2) is 46.5 Å². The van der Waals surface area contributed by atoms with Crippen molar-refractivity contribution in [1.82, 2.24) is 10.3 Å². The number of ether oxygens (including phenoxy) is 1. The fourth-order valence-corrected chi connectivity index (χ4v) is 3.59. The maximum atomic E-state index is 14.6. The SMILES string of the molecule is CCCC1CN(C(=Nc2cccc(OC(F)F)c2F)NC#N)N=C1c1ccc(Cl)c(Cl)c1. The predicted octanol–water partition coefficient (Wildman–Crippen LogP) is 5.93. The van der Waals surface area contributed by atoms with Crippen LogP contribution in [0.25, 0.3) is 0 Å². The molecule has 0 aliphatic carbocycles. The zero-order valence-electron chi connectivity index (χ0n) is 16.8. The van der Waals surface area contributed by atoms with Crippen LogP contribution >= 0.6 is 23.2 Å². The molecule has 0 radical (unpaired) electrons. The van der Waals surface area contributed by atoms with Gasteiger partial charge in [-0.2, -0.15) is 19.1 Å². The minimum absolute atomic E-state index is 0.0127. The predicted molar refractivity (Wildman–Crippen MR) is 117 cm³/mol. The van der Waals surface area contributed by atoms with Gasteiger partial charge in [0.05, 0.1) is 22.3 Å². The first-order valence-electron chi connectivity index (χ1n) is 9.62. The number of alkyl halides is 2. The summed E-state index contributed by atoms with van der Waals surface area (Å²) < 4.78 is 43.8. The van der Waals surface area contributed by atoms with E-state index in [1.165, 1.54) is 17.1 Å². The van der Waals surface area contributed by atoms with Gasteiger partial charge in [-0.15, -0.1) is 0 Å². The number of benzene rings is 2. The van der Waals surface area contributed by atoms with Crippen molar-refractivity contribution in [2.45, 2.75) is 26.4 Å². The average Bonchev–Trinajstić information content (AvgIpc) is 3.16. The van der Waals surface area contributed by atoms with Crippen LogP contribution in [0.2, 0.25) is 10.0 Å². The highest BCUT2D eigenvalue weighted by Gasteiger charge is 2.30. The molecule has 0 spiro atoms. The van der Waals surface area contributed by atoms with Crippen LogP contribution in [0.4, 0.5) is 18.9 Å². The molecule has 1 heterocycles. The van der Waals surface area contributed by atoms with Crippen LogP contribution in [0, 0.1) is 23.2 Å². The molecule has 1 unspecified atom stereocenters. The van der Waals surface area contributed by atoms with Gasteiger partial charge in [0.1, 0.15) is 5.69 Å². The van der Waals surface area contributed by atoms with Crippen LogP contribution < -0.4 is 10.1 Å². The van der Waals surface area contributed by atoms with Crippen LogP contribution in [0.3, 0.4) is 0 Å². The van der Waals surface area contributed by atoms with Gasteiger partial charge in [-0.1, -0.05) is 48.7 Å². The molecule has 11 heteroatoms. The number of nitrogens with zero attached hydrogens (tertiary/aromatic N) is 4. The lowest BCUT2D eigenvalue weighted by molar-refractivity contribution is -0.0521. The van der Waals surface area contributed by atoms with Crippen LogP contribution in [-0.4, -0.2) is 29.8 Å². The molecule has 1 aliphatic heterocycles. The van der Waals surface area contributed by atoms with E-state index >= 15 is 0 Å². The third-order valence-electron chi connectivity index (χ3n) is 4.66. The van der Waals surface area contributed by atoms with Gasteiger partial charge in [0.15, 0.2) is 17.8 Å². The molecule has 2 aromatic rings. The van der Waals surface area contributed by atoms with Gasteiger partial charge < -0.3 is 4.74 Å². The van der Waals surface area contributed by atoms with E-state index in [-0.39, 0.29) is 17.6 Å². The first-order chi connectivity index (χ1) is 15.3. The second-order valence-electron chi connectivity index (χ2n) is 6.82. The van der Waals surface area contributed by atoms with Gasteiger partial charge in [0.25, 0.3) is 0 Å². The van der Waals surface area contributed by atoms with Crippen molar-refractivity contribution in [2.75, 3.05) is 6.54 Å². The molecule has 1 aliphatic rings. The van der Waals surface area contributed by atoms with Crippen LogP contribution in [0.5, 0.6) is 5.75 Å². The lowest BCUT2D eigenvalue weighted by Gasteiger charge is -2.17. The van der Waals surface area contributed by atoms with Crippen molar-refractivity contribution in [3.8, 4) is 11.9 Å². The first-order valence-corrected chi connectivity index (χ1v) is 10.4. The molecule has 0 bridgehead atoms. The Morgan fingerprint density at radius 3 is 2.78 bits per heavy atom. The minimum atomic E-state index is -3.19. The second-order valence-corrected chi connectivity index (χ2v) is 7.64.